The summed E-state index contributed by atoms with van der Waals surface area (Å²) in [4.78, 5) is 34.4. The van der Waals surface area contributed by atoms with Gasteiger partial charge in [-0.25, -0.2) is 0 Å². The number of nitrogens with two attached hydrogens (primary N) is 1. The molecular weight excluding hydrogens is 395 g/mol. The first kappa shape index (κ1) is 24.5. The van der Waals surface area contributed by atoms with Gasteiger partial charge in [-0.05, 0) is 17.7 Å². The van der Waals surface area contributed by atoms with Gasteiger partial charge in [-0.15, -0.1) is 25.6 Å². The van der Waals surface area contributed by atoms with E-state index in [1.54, 1.807) is 0 Å². The number of benzene rings is 1. The van der Waals surface area contributed by atoms with Crippen molar-refractivity contribution in [3.8, 4) is 5.75 Å². The average molecular weight is 414 g/mol. The minimum Gasteiger partial charge on any atom is -0.469 e. The molecule has 2 amide bonds. The lowest BCUT2D eigenvalue weighted by Gasteiger charge is -2.19. The van der Waals surface area contributed by atoms with Crippen molar-refractivity contribution < 1.29 is 37.0 Å². The Morgan fingerprint density at radius 1 is 1.15 bits per heavy atom. The summed E-state index contributed by atoms with van der Waals surface area (Å²) in [5.41, 5.74) is 5.45. The summed E-state index contributed by atoms with van der Waals surface area (Å²) in [7, 11) is 1.16. The fourth-order valence-corrected chi connectivity index (χ4v) is 1.90. The zero-order valence-electron chi connectivity index (χ0n) is 14.2. The molecule has 1 atom stereocenters. The summed E-state index contributed by atoms with van der Waals surface area (Å²) in [6.07, 6.45) is -5.09. The Balaban J connectivity index is 0.00000676. The maximum Gasteiger partial charge on any atom is 0.573 e. The molecule has 0 aliphatic rings. The Labute approximate surface area is 159 Å². The molecule has 27 heavy (non-hydrogen) atoms. The smallest absolute Gasteiger partial charge is 0.469 e. The predicted octanol–water partition coefficient (Wildman–Crippen LogP) is 0.802. The predicted molar refractivity (Wildman–Crippen MR) is 90.0 cm³/mol. The molecule has 0 spiro atoms. The van der Waals surface area contributed by atoms with Gasteiger partial charge in [0.25, 0.3) is 0 Å². The Morgan fingerprint density at radius 3 is 2.22 bits per heavy atom. The highest BCUT2D eigenvalue weighted by molar-refractivity contribution is 5.86. The van der Waals surface area contributed by atoms with Crippen LogP contribution in [0.4, 0.5) is 13.2 Å². The molecule has 0 fully saturated rings. The molecule has 0 saturated heterocycles. The van der Waals surface area contributed by atoms with E-state index in [9.17, 15) is 27.6 Å². The second kappa shape index (κ2) is 11.2. The molecular formula is C15H19ClF3N3O5. The van der Waals surface area contributed by atoms with E-state index in [1.165, 1.54) is 12.1 Å². The van der Waals surface area contributed by atoms with Gasteiger partial charge in [-0.2, -0.15) is 0 Å². The molecule has 0 aliphatic heterocycles. The highest BCUT2D eigenvalue weighted by Crippen LogP contribution is 2.25. The zero-order chi connectivity index (χ0) is 19.7. The number of carbonyl (C=O) groups is 3. The number of ether oxygens (including phenoxy) is 2. The molecule has 0 radical (unpaired) electrons. The zero-order valence-corrected chi connectivity index (χ0v) is 15.0. The van der Waals surface area contributed by atoms with E-state index in [1.807, 2.05) is 0 Å². The van der Waals surface area contributed by atoms with E-state index in [4.69, 9.17) is 5.73 Å². The molecule has 0 aliphatic carbocycles. The van der Waals surface area contributed by atoms with Crippen molar-refractivity contribution in [3.05, 3.63) is 29.8 Å². The van der Waals surface area contributed by atoms with E-state index in [0.29, 0.717) is 5.56 Å². The number of carbonyl (C=O) groups excluding carboxylic acids is 3. The molecule has 1 aromatic rings. The van der Waals surface area contributed by atoms with E-state index >= 15 is 0 Å². The van der Waals surface area contributed by atoms with Crippen LogP contribution >= 0.6 is 12.4 Å². The third-order valence-electron chi connectivity index (χ3n) is 3.08. The SMILES string of the molecule is COC(=O)CC(NC(=O)CNC(=O)CN)c1ccc(OC(F)(F)F)cc1.Cl. The lowest BCUT2D eigenvalue weighted by atomic mass is 10.0. The number of esters is 1. The summed E-state index contributed by atoms with van der Waals surface area (Å²) in [6.45, 7) is -0.664. The van der Waals surface area contributed by atoms with Crippen LogP contribution in [0.3, 0.4) is 0 Å². The van der Waals surface area contributed by atoms with Crippen LogP contribution in [0.5, 0.6) is 5.75 Å². The van der Waals surface area contributed by atoms with Crippen LogP contribution in [-0.4, -0.2) is 44.3 Å². The van der Waals surface area contributed by atoms with Gasteiger partial charge in [0.2, 0.25) is 11.8 Å². The summed E-state index contributed by atoms with van der Waals surface area (Å²) in [6, 6.07) is 3.77. The van der Waals surface area contributed by atoms with Gasteiger partial charge >= 0.3 is 12.3 Å². The average Bonchev–Trinajstić information content (AvgIpc) is 2.58. The molecule has 1 unspecified atom stereocenters. The van der Waals surface area contributed by atoms with E-state index in [0.717, 1.165) is 19.2 Å². The Bertz CT molecular complexity index is 641. The Kier molecular flexibility index (Phi) is 10.2. The third kappa shape index (κ3) is 9.66. The van der Waals surface area contributed by atoms with Gasteiger partial charge in [-0.1, -0.05) is 12.1 Å². The van der Waals surface area contributed by atoms with Crippen molar-refractivity contribution in [2.75, 3.05) is 20.2 Å². The van der Waals surface area contributed by atoms with Gasteiger partial charge in [0.15, 0.2) is 0 Å². The van der Waals surface area contributed by atoms with Crippen molar-refractivity contribution >= 4 is 30.2 Å². The van der Waals surface area contributed by atoms with Crippen molar-refractivity contribution in [1.82, 2.24) is 10.6 Å². The topological polar surface area (TPSA) is 120 Å². The number of amides is 2. The molecule has 4 N–H and O–H groups in total. The first-order chi connectivity index (χ1) is 12.1. The lowest BCUT2D eigenvalue weighted by Crippen LogP contribution is -2.41. The second-order valence-electron chi connectivity index (χ2n) is 5.00. The number of alkyl halides is 3. The highest BCUT2D eigenvalue weighted by Gasteiger charge is 2.31. The quantitative estimate of drug-likeness (QED) is 0.542. The van der Waals surface area contributed by atoms with E-state index < -0.39 is 35.9 Å². The number of methoxy groups -OCH3 is 1. The molecule has 1 aromatic carbocycles. The van der Waals surface area contributed by atoms with Crippen molar-refractivity contribution in [2.24, 2.45) is 5.73 Å². The van der Waals surface area contributed by atoms with Gasteiger partial charge in [0.1, 0.15) is 5.75 Å². The first-order valence-corrected chi connectivity index (χ1v) is 7.33. The standard InChI is InChI=1S/C15H18F3N3O5.ClH/c1-25-14(24)6-11(21-13(23)8-20-12(22)7-19)9-2-4-10(5-3-9)26-15(16,17)18;/h2-5,11H,6-8,19H2,1H3,(H,20,22)(H,21,23);1H. The number of halogens is 4. The van der Waals surface area contributed by atoms with Crippen LogP contribution in [-0.2, 0) is 19.1 Å². The lowest BCUT2D eigenvalue weighted by molar-refractivity contribution is -0.274. The fraction of sp³-hybridized carbons (Fsp3) is 0.400. The van der Waals surface area contributed by atoms with Crippen LogP contribution < -0.4 is 21.1 Å². The van der Waals surface area contributed by atoms with Crippen LogP contribution in [0, 0.1) is 0 Å². The Morgan fingerprint density at radius 2 is 1.74 bits per heavy atom. The molecule has 0 bridgehead atoms. The minimum absolute atomic E-state index is 0. The van der Waals surface area contributed by atoms with Crippen LogP contribution in [0.2, 0.25) is 0 Å². The largest absolute Gasteiger partial charge is 0.573 e. The van der Waals surface area contributed by atoms with Crippen molar-refractivity contribution in [1.29, 1.82) is 0 Å². The number of hydrogen-bond donors (Lipinski definition) is 3. The van der Waals surface area contributed by atoms with Gasteiger partial charge < -0.3 is 25.8 Å². The van der Waals surface area contributed by atoms with E-state index in [-0.39, 0.29) is 31.9 Å². The van der Waals surface area contributed by atoms with Crippen LogP contribution in [0.25, 0.3) is 0 Å². The van der Waals surface area contributed by atoms with Gasteiger partial charge in [-0.3, -0.25) is 14.4 Å². The fourth-order valence-electron chi connectivity index (χ4n) is 1.90. The normalized spacial score (nSPS) is 11.6. The summed E-state index contributed by atoms with van der Waals surface area (Å²) in [5, 5.41) is 4.74. The molecule has 1 rings (SSSR count). The third-order valence-corrected chi connectivity index (χ3v) is 3.08. The van der Waals surface area contributed by atoms with Crippen molar-refractivity contribution in [2.45, 2.75) is 18.8 Å². The van der Waals surface area contributed by atoms with Crippen LogP contribution in [0.1, 0.15) is 18.0 Å². The summed E-state index contributed by atoms with van der Waals surface area (Å²) < 4.78 is 44.9. The first-order valence-electron chi connectivity index (χ1n) is 7.33. The summed E-state index contributed by atoms with van der Waals surface area (Å²) >= 11 is 0. The maximum atomic E-state index is 12.2. The van der Waals surface area contributed by atoms with E-state index in [2.05, 4.69) is 20.1 Å². The maximum absolute atomic E-state index is 12.2. The second-order valence-corrected chi connectivity index (χ2v) is 5.00. The highest BCUT2D eigenvalue weighted by atomic mass is 35.5. The molecule has 0 saturated carbocycles. The molecule has 0 aromatic heterocycles. The molecule has 0 heterocycles. The molecule has 152 valence electrons. The number of rotatable bonds is 8. The van der Waals surface area contributed by atoms with Gasteiger partial charge in [0.05, 0.1) is 32.7 Å². The van der Waals surface area contributed by atoms with Gasteiger partial charge in [0, 0.05) is 0 Å². The number of nitrogens with one attached hydrogen (secondary N) is 2. The summed E-state index contributed by atoms with van der Waals surface area (Å²) in [5.74, 6) is -2.24. The van der Waals surface area contributed by atoms with Crippen LogP contribution in [0.15, 0.2) is 24.3 Å². The Hall–Kier alpha value is -2.53. The van der Waals surface area contributed by atoms with Crippen molar-refractivity contribution in [3.63, 3.8) is 0 Å². The molecule has 8 nitrogen and oxygen atoms in total. The molecule has 12 heteroatoms. The monoisotopic (exact) mass is 413 g/mol. The number of hydrogen-bond acceptors (Lipinski definition) is 6. The minimum atomic E-state index is -4.83.